The Morgan fingerprint density at radius 1 is 1.64 bits per heavy atom. The van der Waals surface area contributed by atoms with E-state index in [9.17, 15) is 9.59 Å². The van der Waals surface area contributed by atoms with Crippen molar-refractivity contribution in [3.8, 4) is 0 Å². The summed E-state index contributed by atoms with van der Waals surface area (Å²) in [5.41, 5.74) is 0. The van der Waals surface area contributed by atoms with E-state index in [4.69, 9.17) is 0 Å². The number of piperidine rings is 1. The van der Waals surface area contributed by atoms with Crippen LogP contribution in [0, 0.1) is 0 Å². The molecular weight excluding hydrogens is 182 g/mol. The van der Waals surface area contributed by atoms with Crippen LogP contribution in [0.3, 0.4) is 0 Å². The van der Waals surface area contributed by atoms with Crippen LogP contribution in [-0.2, 0) is 9.59 Å². The number of rotatable bonds is 3. The topological polar surface area (TPSA) is 70.2 Å². The van der Waals surface area contributed by atoms with Gasteiger partial charge in [0.15, 0.2) is 0 Å². The van der Waals surface area contributed by atoms with Gasteiger partial charge < -0.3 is 16.0 Å². The fourth-order valence-electron chi connectivity index (χ4n) is 1.34. The van der Waals surface area contributed by atoms with Crippen LogP contribution in [-0.4, -0.2) is 37.5 Å². The van der Waals surface area contributed by atoms with Gasteiger partial charge in [-0.25, -0.2) is 0 Å². The first-order valence-corrected chi connectivity index (χ1v) is 4.90. The fourth-order valence-corrected chi connectivity index (χ4v) is 1.34. The van der Waals surface area contributed by atoms with Crippen molar-refractivity contribution in [3.05, 3.63) is 0 Å². The molecule has 2 unspecified atom stereocenters. The van der Waals surface area contributed by atoms with Crippen molar-refractivity contribution in [1.29, 1.82) is 0 Å². The minimum absolute atomic E-state index is 0.0760. The Labute approximate surface area is 83.6 Å². The Bertz CT molecular complexity index is 230. The highest BCUT2D eigenvalue weighted by molar-refractivity contribution is 5.89. The molecule has 2 atom stereocenters. The van der Waals surface area contributed by atoms with Crippen LogP contribution in [0.25, 0.3) is 0 Å². The van der Waals surface area contributed by atoms with Crippen LogP contribution < -0.4 is 16.0 Å². The van der Waals surface area contributed by atoms with Crippen LogP contribution in [0.15, 0.2) is 0 Å². The number of carbonyl (C=O) groups is 2. The third-order valence-electron chi connectivity index (χ3n) is 2.43. The highest BCUT2D eigenvalue weighted by atomic mass is 16.2. The third kappa shape index (κ3) is 2.70. The summed E-state index contributed by atoms with van der Waals surface area (Å²) in [7, 11) is 1.71. The van der Waals surface area contributed by atoms with Gasteiger partial charge >= 0.3 is 0 Å². The number of amides is 2. The molecule has 0 radical (unpaired) electrons. The first-order chi connectivity index (χ1) is 6.65. The molecule has 1 fully saturated rings. The van der Waals surface area contributed by atoms with E-state index < -0.39 is 0 Å². The van der Waals surface area contributed by atoms with E-state index in [0.29, 0.717) is 6.54 Å². The number of likely N-dealkylation sites (N-methyl/N-ethyl adjacent to an activating group) is 1. The molecule has 0 aliphatic carbocycles. The predicted molar refractivity (Wildman–Crippen MR) is 52.7 cm³/mol. The number of hydrogen-bond acceptors (Lipinski definition) is 3. The van der Waals surface area contributed by atoms with E-state index in [2.05, 4.69) is 16.0 Å². The predicted octanol–water partition coefficient (Wildman–Crippen LogP) is -1.01. The molecule has 14 heavy (non-hydrogen) atoms. The number of nitrogens with one attached hydrogen (secondary N) is 3. The Balaban J connectivity index is 2.42. The van der Waals surface area contributed by atoms with Gasteiger partial charge in [0.05, 0.1) is 6.04 Å². The Kier molecular flexibility index (Phi) is 3.88. The summed E-state index contributed by atoms with van der Waals surface area (Å²) in [6.45, 7) is 2.48. The normalized spacial score (nSPS) is 23.9. The molecule has 1 saturated heterocycles. The smallest absolute Gasteiger partial charge is 0.242 e. The molecule has 1 rings (SSSR count). The van der Waals surface area contributed by atoms with Crippen molar-refractivity contribution in [2.45, 2.75) is 31.8 Å². The van der Waals surface area contributed by atoms with Crippen molar-refractivity contribution < 1.29 is 9.59 Å². The molecule has 1 aliphatic heterocycles. The molecule has 5 heteroatoms. The maximum Gasteiger partial charge on any atom is 0.242 e. The molecule has 0 spiro atoms. The molecule has 0 aromatic rings. The van der Waals surface area contributed by atoms with Gasteiger partial charge in [0.2, 0.25) is 11.8 Å². The lowest BCUT2D eigenvalue weighted by Crippen LogP contribution is -2.53. The molecule has 1 aliphatic rings. The highest BCUT2D eigenvalue weighted by Crippen LogP contribution is 2.02. The van der Waals surface area contributed by atoms with E-state index in [0.717, 1.165) is 12.8 Å². The fraction of sp³-hybridized carbons (Fsp3) is 0.778. The summed E-state index contributed by atoms with van der Waals surface area (Å²) in [6.07, 6.45) is 1.65. The monoisotopic (exact) mass is 199 g/mol. The number of hydrogen-bond donors (Lipinski definition) is 3. The molecule has 0 aromatic heterocycles. The second-order valence-corrected chi connectivity index (χ2v) is 3.50. The maximum absolute atomic E-state index is 11.4. The average Bonchev–Trinajstić information content (AvgIpc) is 2.20. The Hall–Kier alpha value is -1.10. The molecule has 1 heterocycles. The Morgan fingerprint density at radius 2 is 2.36 bits per heavy atom. The molecule has 0 saturated carbocycles. The average molecular weight is 199 g/mol. The quantitative estimate of drug-likeness (QED) is 0.545. The van der Waals surface area contributed by atoms with Crippen LogP contribution in [0.1, 0.15) is 19.8 Å². The van der Waals surface area contributed by atoms with Gasteiger partial charge in [0, 0.05) is 6.54 Å². The van der Waals surface area contributed by atoms with Crippen LogP contribution in [0.2, 0.25) is 0 Å². The standard InChI is InChI=1S/C9H17N3O2/c1-6(10-2)8(13)12-7-4-3-5-11-9(7)14/h6-7,10H,3-5H2,1-2H3,(H,11,14)(H,12,13). The molecular formula is C9H17N3O2. The van der Waals surface area contributed by atoms with Gasteiger partial charge in [-0.15, -0.1) is 0 Å². The van der Waals surface area contributed by atoms with Crippen molar-refractivity contribution in [1.82, 2.24) is 16.0 Å². The lowest BCUT2D eigenvalue weighted by molar-refractivity contribution is -0.130. The van der Waals surface area contributed by atoms with Crippen molar-refractivity contribution in [2.24, 2.45) is 0 Å². The largest absolute Gasteiger partial charge is 0.354 e. The van der Waals surface area contributed by atoms with Crippen molar-refractivity contribution >= 4 is 11.8 Å². The van der Waals surface area contributed by atoms with Crippen LogP contribution in [0.5, 0.6) is 0 Å². The van der Waals surface area contributed by atoms with Crippen molar-refractivity contribution in [2.75, 3.05) is 13.6 Å². The molecule has 0 aromatic carbocycles. The summed E-state index contributed by atoms with van der Waals surface area (Å²) >= 11 is 0. The maximum atomic E-state index is 11.4. The first kappa shape index (κ1) is 11.0. The van der Waals surface area contributed by atoms with E-state index in [1.165, 1.54) is 0 Å². The molecule has 0 bridgehead atoms. The van der Waals surface area contributed by atoms with E-state index >= 15 is 0 Å². The Morgan fingerprint density at radius 3 is 2.93 bits per heavy atom. The van der Waals surface area contributed by atoms with Crippen LogP contribution in [0.4, 0.5) is 0 Å². The van der Waals surface area contributed by atoms with E-state index in [1.807, 2.05) is 0 Å². The summed E-state index contributed by atoms with van der Waals surface area (Å²) in [5, 5.41) is 8.25. The lowest BCUT2D eigenvalue weighted by Gasteiger charge is -2.24. The minimum Gasteiger partial charge on any atom is -0.354 e. The van der Waals surface area contributed by atoms with Gasteiger partial charge in [0.25, 0.3) is 0 Å². The third-order valence-corrected chi connectivity index (χ3v) is 2.43. The van der Waals surface area contributed by atoms with Gasteiger partial charge in [-0.3, -0.25) is 9.59 Å². The van der Waals surface area contributed by atoms with E-state index in [-0.39, 0.29) is 23.9 Å². The lowest BCUT2D eigenvalue weighted by atomic mass is 10.1. The van der Waals surface area contributed by atoms with E-state index in [1.54, 1.807) is 14.0 Å². The summed E-state index contributed by atoms with van der Waals surface area (Å²) in [6, 6.07) is -0.614. The molecule has 5 nitrogen and oxygen atoms in total. The first-order valence-electron chi connectivity index (χ1n) is 4.90. The second-order valence-electron chi connectivity index (χ2n) is 3.50. The highest BCUT2D eigenvalue weighted by Gasteiger charge is 2.24. The summed E-state index contributed by atoms with van der Waals surface area (Å²) in [5.74, 6) is -0.206. The zero-order valence-corrected chi connectivity index (χ0v) is 8.59. The second kappa shape index (κ2) is 4.95. The summed E-state index contributed by atoms with van der Waals surface area (Å²) in [4.78, 5) is 22.7. The zero-order chi connectivity index (χ0) is 10.6. The van der Waals surface area contributed by atoms with Crippen molar-refractivity contribution in [3.63, 3.8) is 0 Å². The minimum atomic E-state index is -0.355. The molecule has 3 N–H and O–H groups in total. The van der Waals surface area contributed by atoms with Gasteiger partial charge in [0.1, 0.15) is 6.04 Å². The van der Waals surface area contributed by atoms with Gasteiger partial charge in [-0.1, -0.05) is 0 Å². The zero-order valence-electron chi connectivity index (χ0n) is 8.59. The summed E-state index contributed by atoms with van der Waals surface area (Å²) < 4.78 is 0. The SMILES string of the molecule is CNC(C)C(=O)NC1CCCNC1=O. The van der Waals surface area contributed by atoms with Gasteiger partial charge in [-0.05, 0) is 26.8 Å². The van der Waals surface area contributed by atoms with Crippen LogP contribution >= 0.6 is 0 Å². The van der Waals surface area contributed by atoms with Gasteiger partial charge in [-0.2, -0.15) is 0 Å². The molecule has 2 amide bonds. The number of carbonyl (C=O) groups excluding carboxylic acids is 2. The molecule has 80 valence electrons.